The van der Waals surface area contributed by atoms with Gasteiger partial charge in [-0.25, -0.2) is 9.97 Å². The van der Waals surface area contributed by atoms with Gasteiger partial charge in [0.1, 0.15) is 5.52 Å². The fourth-order valence-corrected chi connectivity index (χ4v) is 13.9. The fraction of sp³-hybridized carbons (Fsp3) is 0.603. The van der Waals surface area contributed by atoms with Crippen LogP contribution in [0.2, 0.25) is 0 Å². The van der Waals surface area contributed by atoms with Gasteiger partial charge in [-0.2, -0.15) is 0 Å². The van der Waals surface area contributed by atoms with Crippen LogP contribution >= 0.6 is 0 Å². The monoisotopic (exact) mass is 991 g/mol. The van der Waals surface area contributed by atoms with Crippen LogP contribution in [0.25, 0.3) is 22.3 Å². The van der Waals surface area contributed by atoms with Crippen molar-refractivity contribution < 1.29 is 24.0 Å². The molecule has 15 heteroatoms. The highest BCUT2D eigenvalue weighted by Gasteiger charge is 2.56. The number of nitrogens with zero attached hydrogens (tertiary/aromatic N) is 8. The third-order valence-corrected chi connectivity index (χ3v) is 18.7. The molecule has 2 aromatic heterocycles. The number of benzene rings is 2. The molecule has 386 valence electrons. The van der Waals surface area contributed by atoms with E-state index in [1.165, 1.54) is 19.3 Å². The van der Waals surface area contributed by atoms with Gasteiger partial charge >= 0.3 is 0 Å². The van der Waals surface area contributed by atoms with Crippen molar-refractivity contribution in [2.24, 2.45) is 11.3 Å². The number of aryl methyl sites for hydroxylation is 1. The van der Waals surface area contributed by atoms with Crippen LogP contribution in [0.5, 0.6) is 0 Å². The Hall–Kier alpha value is -5.83. The van der Waals surface area contributed by atoms with Crippen LogP contribution < -0.4 is 20.4 Å². The van der Waals surface area contributed by atoms with E-state index in [0.29, 0.717) is 76.8 Å². The van der Waals surface area contributed by atoms with Gasteiger partial charge in [-0.1, -0.05) is 37.6 Å². The predicted molar refractivity (Wildman–Crippen MR) is 282 cm³/mol. The minimum absolute atomic E-state index is 0.0491. The number of amides is 5. The van der Waals surface area contributed by atoms with Crippen molar-refractivity contribution in [1.29, 1.82) is 0 Å². The van der Waals surface area contributed by atoms with Crippen LogP contribution in [-0.4, -0.2) is 129 Å². The minimum Gasteiger partial charge on any atom is -0.371 e. The number of likely N-dealkylation sites (tertiary alicyclic amines) is 3. The molecule has 2 N–H and O–H groups in total. The van der Waals surface area contributed by atoms with Gasteiger partial charge in [0.15, 0.2) is 5.82 Å². The highest BCUT2D eigenvalue weighted by molar-refractivity contribution is 6.09. The Labute approximate surface area is 429 Å². The first-order valence-corrected chi connectivity index (χ1v) is 27.9. The zero-order valence-electron chi connectivity index (χ0n) is 43.5. The van der Waals surface area contributed by atoms with Crippen molar-refractivity contribution in [3.05, 3.63) is 65.5 Å². The molecular weight excluding hydrogens is 917 g/mol. The normalized spacial score (nSPS) is 25.6. The number of carbonyl (C=O) groups is 5. The number of piperidine rings is 5. The van der Waals surface area contributed by atoms with Gasteiger partial charge in [-0.05, 0) is 152 Å². The smallest absolute Gasteiger partial charge is 0.238 e. The number of carbonyl (C=O) groups excluding carboxylic acids is 5. The van der Waals surface area contributed by atoms with Gasteiger partial charge in [0.2, 0.25) is 29.5 Å². The number of fused-ring (bicyclic) bond motifs is 3. The maximum Gasteiger partial charge on any atom is 0.238 e. The number of hydrogen-bond acceptors (Lipinski definition) is 10. The van der Waals surface area contributed by atoms with Crippen LogP contribution in [-0.2, 0) is 29.4 Å². The number of pyridine rings is 1. The van der Waals surface area contributed by atoms with Crippen molar-refractivity contribution in [1.82, 2.24) is 34.6 Å². The first kappa shape index (κ1) is 48.1. The molecule has 2 aliphatic carbocycles. The zero-order chi connectivity index (χ0) is 50.3. The lowest BCUT2D eigenvalue weighted by Gasteiger charge is -2.48. The predicted octanol–water partition coefficient (Wildman–Crippen LogP) is 7.85. The van der Waals surface area contributed by atoms with Gasteiger partial charge in [-0.15, -0.1) is 0 Å². The molecule has 0 bridgehead atoms. The maximum atomic E-state index is 15.3. The Morgan fingerprint density at radius 3 is 2.19 bits per heavy atom. The van der Waals surface area contributed by atoms with Gasteiger partial charge in [0, 0.05) is 98.1 Å². The number of imidazole rings is 1. The SMILES string of the molecule is Cc1cc(C2CCC(=O)NC2=O)ccc1N1CCC(C(=O)N2CCC(C)(C(=O)N3CCC4(CC3)C(=O)N([C@H]3C[C@@H](N5CCCCC5)C3)c3cc(-c5cc6ncn(C(C)C)c6c(NC6CC6)n5)ccc34)CC2)CC1. The molecule has 12 rings (SSSR count). The lowest BCUT2D eigenvalue weighted by Crippen LogP contribution is -2.59. The van der Waals surface area contributed by atoms with Crippen LogP contribution in [0.15, 0.2) is 48.8 Å². The van der Waals surface area contributed by atoms with Gasteiger partial charge < -0.3 is 34.4 Å². The van der Waals surface area contributed by atoms with E-state index in [1.807, 2.05) is 22.2 Å². The second-order valence-corrected chi connectivity index (χ2v) is 23.7. The number of anilines is 3. The third-order valence-electron chi connectivity index (χ3n) is 18.7. The van der Waals surface area contributed by atoms with Crippen molar-refractivity contribution in [2.45, 2.75) is 160 Å². The van der Waals surface area contributed by atoms with Crippen LogP contribution in [0.3, 0.4) is 0 Å². The first-order valence-electron chi connectivity index (χ1n) is 27.9. The van der Waals surface area contributed by atoms with Crippen molar-refractivity contribution in [2.75, 3.05) is 67.5 Å². The van der Waals surface area contributed by atoms with E-state index in [2.05, 4.69) is 94.0 Å². The summed E-state index contributed by atoms with van der Waals surface area (Å²) in [6.45, 7) is 14.6. The molecule has 1 unspecified atom stereocenters. The number of imide groups is 1. The lowest BCUT2D eigenvalue weighted by molar-refractivity contribution is -0.150. The molecule has 2 aromatic carbocycles. The van der Waals surface area contributed by atoms with Crippen LogP contribution in [0.4, 0.5) is 17.2 Å². The molecule has 8 aliphatic rings. The maximum absolute atomic E-state index is 15.3. The summed E-state index contributed by atoms with van der Waals surface area (Å²) in [6.07, 6.45) is 14.9. The summed E-state index contributed by atoms with van der Waals surface area (Å²) >= 11 is 0. The average molecular weight is 991 g/mol. The summed E-state index contributed by atoms with van der Waals surface area (Å²) < 4.78 is 2.20. The average Bonchev–Trinajstić information content (AvgIpc) is 4.05. The Bertz CT molecular complexity index is 2830. The summed E-state index contributed by atoms with van der Waals surface area (Å²) in [4.78, 5) is 89.5. The quantitative estimate of drug-likeness (QED) is 0.150. The Balaban J connectivity index is 0.707. The molecule has 5 saturated heterocycles. The molecule has 0 radical (unpaired) electrons. The molecule has 73 heavy (non-hydrogen) atoms. The molecule has 1 spiro atoms. The van der Waals surface area contributed by atoms with E-state index in [1.54, 1.807) is 0 Å². The summed E-state index contributed by atoms with van der Waals surface area (Å²) in [5.74, 6) is 0.639. The lowest BCUT2D eigenvalue weighted by atomic mass is 9.72. The van der Waals surface area contributed by atoms with Gasteiger partial charge in [-0.3, -0.25) is 29.3 Å². The van der Waals surface area contributed by atoms with Crippen molar-refractivity contribution in [3.8, 4) is 11.3 Å². The van der Waals surface area contributed by atoms with Crippen LogP contribution in [0.1, 0.15) is 146 Å². The van der Waals surface area contributed by atoms with E-state index < -0.39 is 10.8 Å². The van der Waals surface area contributed by atoms with Crippen molar-refractivity contribution in [3.63, 3.8) is 0 Å². The summed E-state index contributed by atoms with van der Waals surface area (Å²) in [7, 11) is 0. The molecule has 8 heterocycles. The molecule has 2 saturated carbocycles. The Morgan fingerprint density at radius 1 is 0.781 bits per heavy atom. The van der Waals surface area contributed by atoms with E-state index in [-0.39, 0.29) is 53.5 Å². The molecule has 6 aliphatic heterocycles. The first-order chi connectivity index (χ1) is 35.3. The number of rotatable bonds is 10. The Morgan fingerprint density at radius 2 is 1.51 bits per heavy atom. The standard InChI is InChI=1S/C58H74N10O5/c1-36(2)67-35-59-47-34-46(61-52(51(47)67)60-41-10-11-41)40-8-13-45-49(31-40)68(43-32-42(33-43)63-22-6-5-7-23-63)56(73)58(45)20-28-66(29-21-58)55(72)57(4)18-26-65(27-19-57)54(71)38-16-24-64(25-17-38)48-14-9-39(30-37(48)3)44-12-15-50(69)62-53(44)70/h8-9,13-14,30-31,34-36,38,41-44H,5-7,10-12,15-29,32-33H2,1-4H3,(H,60,61)(H,62,69,70)/t42-,43+,44?. The molecule has 7 fully saturated rings. The number of nitrogens with one attached hydrogen (secondary N) is 2. The van der Waals surface area contributed by atoms with E-state index in [4.69, 9.17) is 9.97 Å². The highest BCUT2D eigenvalue weighted by atomic mass is 16.2. The molecule has 5 amide bonds. The minimum atomic E-state index is -0.683. The fourth-order valence-electron chi connectivity index (χ4n) is 13.9. The molecule has 4 aromatic rings. The zero-order valence-corrected chi connectivity index (χ0v) is 43.5. The number of hydrogen-bond donors (Lipinski definition) is 2. The van der Waals surface area contributed by atoms with E-state index in [9.17, 15) is 19.2 Å². The van der Waals surface area contributed by atoms with Crippen LogP contribution in [0, 0.1) is 18.3 Å². The van der Waals surface area contributed by atoms with Crippen molar-refractivity contribution >= 4 is 57.8 Å². The largest absolute Gasteiger partial charge is 0.371 e. The topological polar surface area (TPSA) is 156 Å². The molecule has 15 nitrogen and oxygen atoms in total. The van der Waals surface area contributed by atoms with Gasteiger partial charge in [0.05, 0.1) is 28.9 Å². The van der Waals surface area contributed by atoms with E-state index >= 15 is 4.79 Å². The molecule has 1 atom stereocenters. The summed E-state index contributed by atoms with van der Waals surface area (Å²) in [5.41, 5.74) is 7.81. The third kappa shape index (κ3) is 8.68. The highest BCUT2D eigenvalue weighted by Crippen LogP contribution is 2.53. The second-order valence-electron chi connectivity index (χ2n) is 23.7. The second kappa shape index (κ2) is 18.8. The molecular formula is C58H74N10O5. The number of aromatic nitrogens is 3. The summed E-state index contributed by atoms with van der Waals surface area (Å²) in [6, 6.07) is 16.2. The summed E-state index contributed by atoms with van der Waals surface area (Å²) in [5, 5.41) is 6.19. The van der Waals surface area contributed by atoms with Gasteiger partial charge in [0.25, 0.3) is 0 Å². The van der Waals surface area contributed by atoms with E-state index in [0.717, 1.165) is 121 Å². The Kier molecular flexibility index (Phi) is 12.4.